The Kier molecular flexibility index (Phi) is 21.9. The molecule has 0 aromatic rings. The van der Waals surface area contributed by atoms with Crippen molar-refractivity contribution in [2.45, 2.75) is 52.4 Å². The first-order valence-electron chi connectivity index (χ1n) is 9.88. The molecule has 3 rings (SSSR count). The van der Waals surface area contributed by atoms with Gasteiger partial charge < -0.3 is 24.0 Å². The van der Waals surface area contributed by atoms with Crippen LogP contribution in [0.5, 0.6) is 0 Å². The number of rotatable bonds is 0. The van der Waals surface area contributed by atoms with E-state index >= 15 is 0 Å². The Hall–Kier alpha value is -1.18. The Morgan fingerprint density at radius 3 is 0.704 bits per heavy atom. The second-order valence-corrected chi connectivity index (χ2v) is 6.79. The number of nitrogens with zero attached hydrogens (tertiary/aromatic N) is 2. The van der Waals surface area contributed by atoms with Gasteiger partial charge in [-0.05, 0) is 38.5 Å². The molecule has 0 radical (unpaired) electrons. The standard InChI is InChI=1S/2C4H9NO.3C4H8O/c2*1-4(6)5(2)3;3*1-2-4-5-3-1/h2*1-3H3;3*1-4H2. The van der Waals surface area contributed by atoms with Crippen LogP contribution >= 0.6 is 0 Å². The molecular formula is C20H42N2O5. The van der Waals surface area contributed by atoms with Crippen molar-refractivity contribution in [2.24, 2.45) is 0 Å². The van der Waals surface area contributed by atoms with E-state index in [1.54, 1.807) is 28.2 Å². The zero-order chi connectivity index (χ0) is 20.9. The van der Waals surface area contributed by atoms with Gasteiger partial charge in [-0.15, -0.1) is 0 Å². The number of hydrogen-bond acceptors (Lipinski definition) is 5. The van der Waals surface area contributed by atoms with Crippen molar-refractivity contribution in [3.63, 3.8) is 0 Å². The first kappa shape index (κ1) is 28.0. The van der Waals surface area contributed by atoms with Crippen LogP contribution in [0.2, 0.25) is 0 Å². The van der Waals surface area contributed by atoms with Crippen molar-refractivity contribution in [1.29, 1.82) is 0 Å². The van der Waals surface area contributed by atoms with E-state index < -0.39 is 0 Å². The monoisotopic (exact) mass is 390 g/mol. The van der Waals surface area contributed by atoms with Gasteiger partial charge in [-0.2, -0.15) is 0 Å². The molecule has 3 saturated heterocycles. The van der Waals surface area contributed by atoms with Gasteiger partial charge in [0.05, 0.1) is 0 Å². The van der Waals surface area contributed by atoms with Gasteiger partial charge in [0.15, 0.2) is 0 Å². The fourth-order valence-electron chi connectivity index (χ4n) is 1.53. The van der Waals surface area contributed by atoms with Gasteiger partial charge in [0.1, 0.15) is 0 Å². The molecular weight excluding hydrogens is 348 g/mol. The number of carbonyl (C=O) groups is 2. The molecule has 0 aliphatic carbocycles. The van der Waals surface area contributed by atoms with Crippen molar-refractivity contribution in [1.82, 2.24) is 9.80 Å². The minimum absolute atomic E-state index is 0.0926. The average Bonchev–Trinajstić information content (AvgIpc) is 3.44. The molecule has 0 aromatic heterocycles. The third-order valence-electron chi connectivity index (χ3n) is 3.74. The van der Waals surface area contributed by atoms with Crippen molar-refractivity contribution in [3.8, 4) is 0 Å². The van der Waals surface area contributed by atoms with E-state index in [0.717, 1.165) is 39.6 Å². The minimum atomic E-state index is 0.0926. The molecule has 0 bridgehead atoms. The van der Waals surface area contributed by atoms with Crippen LogP contribution in [0.4, 0.5) is 0 Å². The van der Waals surface area contributed by atoms with Crippen LogP contribution in [0, 0.1) is 0 Å². The Morgan fingerprint density at radius 1 is 0.519 bits per heavy atom. The van der Waals surface area contributed by atoms with Gasteiger partial charge in [0.25, 0.3) is 0 Å². The highest BCUT2D eigenvalue weighted by molar-refractivity contribution is 5.72. The summed E-state index contributed by atoms with van der Waals surface area (Å²) in [4.78, 5) is 23.2. The summed E-state index contributed by atoms with van der Waals surface area (Å²) >= 11 is 0. The molecule has 162 valence electrons. The zero-order valence-electron chi connectivity index (χ0n) is 18.4. The predicted octanol–water partition coefficient (Wildman–Crippen LogP) is 2.58. The number of hydrogen-bond donors (Lipinski definition) is 0. The molecule has 3 fully saturated rings. The molecule has 7 nitrogen and oxygen atoms in total. The van der Waals surface area contributed by atoms with E-state index in [-0.39, 0.29) is 11.8 Å². The lowest BCUT2D eigenvalue weighted by Crippen LogP contribution is -2.17. The zero-order valence-corrected chi connectivity index (χ0v) is 18.4. The molecule has 3 heterocycles. The van der Waals surface area contributed by atoms with E-state index in [2.05, 4.69) is 0 Å². The van der Waals surface area contributed by atoms with Crippen LogP contribution in [0.3, 0.4) is 0 Å². The molecule has 3 aliphatic heterocycles. The van der Waals surface area contributed by atoms with Crippen LogP contribution in [0.1, 0.15) is 52.4 Å². The third kappa shape index (κ3) is 27.1. The Labute approximate surface area is 166 Å². The molecule has 0 atom stereocenters. The summed E-state index contributed by atoms with van der Waals surface area (Å²) < 4.78 is 14.8. The maximum Gasteiger partial charge on any atom is 0.218 e. The molecule has 2 amide bonds. The summed E-state index contributed by atoms with van der Waals surface area (Å²) in [6.45, 7) is 9.06. The maximum absolute atomic E-state index is 10.1. The highest BCUT2D eigenvalue weighted by Gasteiger charge is 1.95. The predicted molar refractivity (Wildman–Crippen MR) is 109 cm³/mol. The molecule has 0 aromatic carbocycles. The summed E-state index contributed by atoms with van der Waals surface area (Å²) in [7, 11) is 6.90. The summed E-state index contributed by atoms with van der Waals surface area (Å²) in [6, 6.07) is 0. The second-order valence-electron chi connectivity index (χ2n) is 6.79. The van der Waals surface area contributed by atoms with Gasteiger partial charge in [-0.1, -0.05) is 0 Å². The largest absolute Gasteiger partial charge is 0.381 e. The van der Waals surface area contributed by atoms with E-state index in [1.807, 2.05) is 0 Å². The molecule has 7 heteroatoms. The Balaban J connectivity index is 0. The van der Waals surface area contributed by atoms with E-state index in [9.17, 15) is 9.59 Å². The topological polar surface area (TPSA) is 68.3 Å². The molecule has 3 aliphatic rings. The molecule has 27 heavy (non-hydrogen) atoms. The van der Waals surface area contributed by atoms with E-state index in [4.69, 9.17) is 14.2 Å². The van der Waals surface area contributed by atoms with Gasteiger partial charge in [-0.25, -0.2) is 0 Å². The summed E-state index contributed by atoms with van der Waals surface area (Å²) in [5.74, 6) is 0.185. The smallest absolute Gasteiger partial charge is 0.218 e. The van der Waals surface area contributed by atoms with Gasteiger partial charge in [0.2, 0.25) is 11.8 Å². The van der Waals surface area contributed by atoms with Crippen LogP contribution < -0.4 is 0 Å². The Morgan fingerprint density at radius 2 is 0.667 bits per heavy atom. The number of carbonyl (C=O) groups excluding carboxylic acids is 2. The Bertz CT molecular complexity index is 273. The van der Waals surface area contributed by atoms with Crippen molar-refractivity contribution < 1.29 is 23.8 Å². The van der Waals surface area contributed by atoms with Crippen LogP contribution in [0.25, 0.3) is 0 Å². The summed E-state index contributed by atoms with van der Waals surface area (Å²) in [5.41, 5.74) is 0. The molecule has 0 saturated carbocycles. The highest BCUT2D eigenvalue weighted by Crippen LogP contribution is 1.99. The fourth-order valence-corrected chi connectivity index (χ4v) is 1.53. The van der Waals surface area contributed by atoms with Crippen LogP contribution in [-0.2, 0) is 23.8 Å². The fraction of sp³-hybridized carbons (Fsp3) is 0.900. The molecule has 0 N–H and O–H groups in total. The van der Waals surface area contributed by atoms with Crippen molar-refractivity contribution in [2.75, 3.05) is 67.8 Å². The normalized spacial score (nSPS) is 16.8. The lowest BCUT2D eigenvalue weighted by Gasteiger charge is -2.02. The van der Waals surface area contributed by atoms with Gasteiger partial charge >= 0.3 is 0 Å². The van der Waals surface area contributed by atoms with Crippen LogP contribution in [0.15, 0.2) is 0 Å². The minimum Gasteiger partial charge on any atom is -0.381 e. The maximum atomic E-state index is 10.1. The van der Waals surface area contributed by atoms with E-state index in [1.165, 1.54) is 62.2 Å². The summed E-state index contributed by atoms with van der Waals surface area (Å²) in [6.07, 6.45) is 7.67. The second kappa shape index (κ2) is 21.1. The summed E-state index contributed by atoms with van der Waals surface area (Å²) in [5, 5.41) is 0. The lowest BCUT2D eigenvalue weighted by atomic mass is 10.4. The average molecular weight is 391 g/mol. The van der Waals surface area contributed by atoms with Crippen LogP contribution in [-0.4, -0.2) is 89.4 Å². The third-order valence-corrected chi connectivity index (χ3v) is 3.74. The molecule has 0 unspecified atom stereocenters. The van der Waals surface area contributed by atoms with Crippen molar-refractivity contribution >= 4 is 11.8 Å². The molecule has 0 spiro atoms. The van der Waals surface area contributed by atoms with Crippen molar-refractivity contribution in [3.05, 3.63) is 0 Å². The number of amides is 2. The highest BCUT2D eigenvalue weighted by atomic mass is 16.5. The van der Waals surface area contributed by atoms with E-state index in [0.29, 0.717) is 0 Å². The first-order chi connectivity index (χ1) is 12.8. The first-order valence-corrected chi connectivity index (χ1v) is 9.88. The van der Waals surface area contributed by atoms with Gasteiger partial charge in [0, 0.05) is 81.7 Å². The lowest BCUT2D eigenvalue weighted by molar-refractivity contribution is -0.127. The quantitative estimate of drug-likeness (QED) is 0.636. The van der Waals surface area contributed by atoms with Gasteiger partial charge in [-0.3, -0.25) is 9.59 Å². The SMILES string of the molecule is C1CCOC1.C1CCOC1.C1CCOC1.CC(=O)N(C)C.CC(=O)N(C)C. The number of ether oxygens (including phenoxy) is 3.